The molecule has 1 atom stereocenters. The standard InChI is InChI=1S/C14H20FNO2/c1-3-16(10-11(2)14(17)18)9-8-12-4-6-13(15)7-5-12/h4-7,11H,3,8-10H2,1-2H3,(H,17,18). The fourth-order valence-corrected chi connectivity index (χ4v) is 1.78. The van der Waals surface area contributed by atoms with Crippen molar-refractivity contribution in [3.8, 4) is 0 Å². The Morgan fingerprint density at radius 1 is 1.39 bits per heavy atom. The number of halogens is 1. The summed E-state index contributed by atoms with van der Waals surface area (Å²) in [5.74, 6) is -1.36. The molecule has 0 bridgehead atoms. The third-order valence-electron chi connectivity index (χ3n) is 3.03. The van der Waals surface area contributed by atoms with Crippen molar-refractivity contribution in [3.63, 3.8) is 0 Å². The van der Waals surface area contributed by atoms with Crippen LogP contribution in [0.15, 0.2) is 24.3 Å². The summed E-state index contributed by atoms with van der Waals surface area (Å²) in [6.07, 6.45) is 0.806. The summed E-state index contributed by atoms with van der Waals surface area (Å²) in [7, 11) is 0. The monoisotopic (exact) mass is 253 g/mol. The van der Waals surface area contributed by atoms with Gasteiger partial charge in [-0.2, -0.15) is 0 Å². The van der Waals surface area contributed by atoms with Crippen LogP contribution in [0.3, 0.4) is 0 Å². The van der Waals surface area contributed by atoms with E-state index in [1.54, 1.807) is 19.1 Å². The fourth-order valence-electron chi connectivity index (χ4n) is 1.78. The molecule has 0 aromatic heterocycles. The Labute approximate surface area is 107 Å². The molecule has 0 spiro atoms. The molecule has 0 radical (unpaired) electrons. The summed E-state index contributed by atoms with van der Waals surface area (Å²) in [6, 6.07) is 6.44. The van der Waals surface area contributed by atoms with Gasteiger partial charge in [0.1, 0.15) is 5.82 Å². The van der Waals surface area contributed by atoms with Crippen LogP contribution < -0.4 is 0 Å². The lowest BCUT2D eigenvalue weighted by molar-refractivity contribution is -0.141. The molecular formula is C14H20FNO2. The Bertz CT molecular complexity index is 378. The van der Waals surface area contributed by atoms with Crippen LogP contribution in [-0.4, -0.2) is 35.6 Å². The predicted octanol–water partition coefficient (Wildman–Crippen LogP) is 2.41. The first-order chi connectivity index (χ1) is 8.52. The number of rotatable bonds is 7. The van der Waals surface area contributed by atoms with E-state index in [4.69, 9.17) is 5.11 Å². The van der Waals surface area contributed by atoms with Gasteiger partial charge in [0.15, 0.2) is 0 Å². The molecule has 0 aliphatic carbocycles. The van der Waals surface area contributed by atoms with Crippen LogP contribution in [-0.2, 0) is 11.2 Å². The summed E-state index contributed by atoms with van der Waals surface area (Å²) in [5.41, 5.74) is 1.07. The van der Waals surface area contributed by atoms with Crippen molar-refractivity contribution in [2.75, 3.05) is 19.6 Å². The number of hydrogen-bond acceptors (Lipinski definition) is 2. The average Bonchev–Trinajstić information content (AvgIpc) is 2.35. The Kier molecular flexibility index (Phi) is 5.78. The first kappa shape index (κ1) is 14.6. The smallest absolute Gasteiger partial charge is 0.307 e. The van der Waals surface area contributed by atoms with E-state index in [9.17, 15) is 9.18 Å². The van der Waals surface area contributed by atoms with Gasteiger partial charge >= 0.3 is 5.97 Å². The molecule has 100 valence electrons. The highest BCUT2D eigenvalue weighted by molar-refractivity contribution is 5.69. The Hall–Kier alpha value is -1.42. The fraction of sp³-hybridized carbons (Fsp3) is 0.500. The van der Waals surface area contributed by atoms with Crippen LogP contribution >= 0.6 is 0 Å². The molecule has 0 fully saturated rings. The molecule has 1 N–H and O–H groups in total. The molecule has 1 aromatic rings. The van der Waals surface area contributed by atoms with Crippen molar-refractivity contribution in [2.24, 2.45) is 5.92 Å². The van der Waals surface area contributed by atoms with E-state index in [0.29, 0.717) is 6.54 Å². The molecular weight excluding hydrogens is 233 g/mol. The van der Waals surface area contributed by atoms with Gasteiger partial charge in [-0.1, -0.05) is 26.0 Å². The molecule has 0 heterocycles. The van der Waals surface area contributed by atoms with Gasteiger partial charge in [-0.05, 0) is 30.7 Å². The quantitative estimate of drug-likeness (QED) is 0.811. The van der Waals surface area contributed by atoms with Crippen molar-refractivity contribution in [1.29, 1.82) is 0 Å². The van der Waals surface area contributed by atoms with Crippen LogP contribution in [0.25, 0.3) is 0 Å². The SMILES string of the molecule is CCN(CCc1ccc(F)cc1)CC(C)C(=O)O. The van der Waals surface area contributed by atoms with E-state index < -0.39 is 5.97 Å². The third-order valence-corrected chi connectivity index (χ3v) is 3.03. The minimum atomic E-state index is -0.768. The van der Waals surface area contributed by atoms with Crippen molar-refractivity contribution in [1.82, 2.24) is 4.90 Å². The Morgan fingerprint density at radius 2 is 2.00 bits per heavy atom. The number of likely N-dealkylation sites (N-methyl/N-ethyl adjacent to an activating group) is 1. The Morgan fingerprint density at radius 3 is 2.50 bits per heavy atom. The molecule has 4 heteroatoms. The molecule has 3 nitrogen and oxygen atoms in total. The number of carboxylic acid groups (broad SMARTS) is 1. The van der Waals surface area contributed by atoms with E-state index >= 15 is 0 Å². The van der Waals surface area contributed by atoms with E-state index in [0.717, 1.165) is 25.1 Å². The number of carbonyl (C=O) groups is 1. The second-order valence-electron chi connectivity index (χ2n) is 4.51. The van der Waals surface area contributed by atoms with Crippen molar-refractivity contribution in [2.45, 2.75) is 20.3 Å². The second kappa shape index (κ2) is 7.11. The predicted molar refractivity (Wildman–Crippen MR) is 69.0 cm³/mol. The maximum Gasteiger partial charge on any atom is 0.307 e. The zero-order chi connectivity index (χ0) is 13.5. The summed E-state index contributed by atoms with van der Waals surface area (Å²) in [5, 5.41) is 8.87. The lowest BCUT2D eigenvalue weighted by Gasteiger charge is -2.22. The lowest BCUT2D eigenvalue weighted by Crippen LogP contribution is -2.33. The maximum absolute atomic E-state index is 12.7. The first-order valence-electron chi connectivity index (χ1n) is 6.22. The van der Waals surface area contributed by atoms with Crippen molar-refractivity contribution >= 4 is 5.97 Å². The van der Waals surface area contributed by atoms with Gasteiger partial charge in [-0.25, -0.2) is 4.39 Å². The van der Waals surface area contributed by atoms with Crippen LogP contribution in [0.4, 0.5) is 4.39 Å². The number of aliphatic carboxylic acids is 1. The molecule has 18 heavy (non-hydrogen) atoms. The van der Waals surface area contributed by atoms with Crippen molar-refractivity contribution in [3.05, 3.63) is 35.6 Å². The third kappa shape index (κ3) is 4.84. The van der Waals surface area contributed by atoms with E-state index in [-0.39, 0.29) is 11.7 Å². The molecule has 1 unspecified atom stereocenters. The lowest BCUT2D eigenvalue weighted by atomic mass is 10.1. The van der Waals surface area contributed by atoms with Crippen LogP contribution in [0.5, 0.6) is 0 Å². The van der Waals surface area contributed by atoms with Gasteiger partial charge in [0, 0.05) is 13.1 Å². The normalized spacial score (nSPS) is 12.7. The van der Waals surface area contributed by atoms with E-state index in [1.165, 1.54) is 12.1 Å². The highest BCUT2D eigenvalue weighted by Gasteiger charge is 2.14. The topological polar surface area (TPSA) is 40.5 Å². The maximum atomic E-state index is 12.7. The molecule has 0 saturated heterocycles. The first-order valence-corrected chi connectivity index (χ1v) is 6.22. The molecule has 1 aromatic carbocycles. The van der Waals surface area contributed by atoms with Gasteiger partial charge in [0.05, 0.1) is 5.92 Å². The molecule has 0 amide bonds. The van der Waals surface area contributed by atoms with Crippen LogP contribution in [0.2, 0.25) is 0 Å². The molecule has 1 rings (SSSR count). The summed E-state index contributed by atoms with van der Waals surface area (Å²) >= 11 is 0. The van der Waals surface area contributed by atoms with E-state index in [2.05, 4.69) is 4.90 Å². The minimum absolute atomic E-state index is 0.231. The average molecular weight is 253 g/mol. The summed E-state index contributed by atoms with van der Waals surface area (Å²) in [6.45, 7) is 5.88. The van der Waals surface area contributed by atoms with Gasteiger partial charge in [-0.15, -0.1) is 0 Å². The zero-order valence-electron chi connectivity index (χ0n) is 10.9. The minimum Gasteiger partial charge on any atom is -0.481 e. The number of nitrogens with zero attached hydrogens (tertiary/aromatic N) is 1. The summed E-state index contributed by atoms with van der Waals surface area (Å²) in [4.78, 5) is 12.9. The number of carboxylic acids is 1. The molecule has 0 saturated carbocycles. The van der Waals surface area contributed by atoms with Crippen LogP contribution in [0.1, 0.15) is 19.4 Å². The zero-order valence-corrected chi connectivity index (χ0v) is 10.9. The van der Waals surface area contributed by atoms with Gasteiger partial charge in [0.2, 0.25) is 0 Å². The molecule has 0 aliphatic rings. The highest BCUT2D eigenvalue weighted by atomic mass is 19.1. The van der Waals surface area contributed by atoms with Crippen molar-refractivity contribution < 1.29 is 14.3 Å². The van der Waals surface area contributed by atoms with Gasteiger partial charge < -0.3 is 10.0 Å². The highest BCUT2D eigenvalue weighted by Crippen LogP contribution is 2.06. The Balaban J connectivity index is 2.44. The number of benzene rings is 1. The largest absolute Gasteiger partial charge is 0.481 e. The second-order valence-corrected chi connectivity index (χ2v) is 4.51. The van der Waals surface area contributed by atoms with Gasteiger partial charge in [-0.3, -0.25) is 4.79 Å². The van der Waals surface area contributed by atoms with Gasteiger partial charge in [0.25, 0.3) is 0 Å². The van der Waals surface area contributed by atoms with Crippen LogP contribution in [0, 0.1) is 11.7 Å². The van der Waals surface area contributed by atoms with E-state index in [1.807, 2.05) is 6.92 Å². The molecule has 0 aliphatic heterocycles. The summed E-state index contributed by atoms with van der Waals surface area (Å²) < 4.78 is 12.7. The number of hydrogen-bond donors (Lipinski definition) is 1.